The first-order valence-corrected chi connectivity index (χ1v) is 7.37. The van der Waals surface area contributed by atoms with Crippen molar-refractivity contribution < 1.29 is 0 Å². The van der Waals surface area contributed by atoms with Gasteiger partial charge in [0.05, 0.1) is 4.47 Å². The lowest BCUT2D eigenvalue weighted by atomic mass is 10.3. The third kappa shape index (κ3) is 2.46. The van der Waals surface area contributed by atoms with Gasteiger partial charge in [0.15, 0.2) is 5.13 Å². The van der Waals surface area contributed by atoms with Crippen LogP contribution in [0, 0.1) is 0 Å². The molecule has 2 aromatic heterocycles. The molecule has 18 heavy (non-hydrogen) atoms. The molecule has 3 rings (SSSR count). The molecule has 0 radical (unpaired) electrons. The SMILES string of the molecule is Brc1cnc(N2CCN(c3nccs3)CC2)nc1. The molecular weight excluding hydrogens is 314 g/mol. The van der Waals surface area contributed by atoms with Crippen LogP contribution in [0.15, 0.2) is 28.4 Å². The van der Waals surface area contributed by atoms with E-state index in [-0.39, 0.29) is 0 Å². The van der Waals surface area contributed by atoms with Crippen molar-refractivity contribution in [1.29, 1.82) is 0 Å². The number of thiazole rings is 1. The van der Waals surface area contributed by atoms with Crippen molar-refractivity contribution in [3.63, 3.8) is 0 Å². The predicted octanol–water partition coefficient (Wildman–Crippen LogP) is 2.02. The summed E-state index contributed by atoms with van der Waals surface area (Å²) in [5.74, 6) is 0.803. The monoisotopic (exact) mass is 325 g/mol. The number of anilines is 2. The van der Waals surface area contributed by atoms with Crippen LogP contribution in [0.3, 0.4) is 0 Å². The average molecular weight is 326 g/mol. The van der Waals surface area contributed by atoms with E-state index in [4.69, 9.17) is 0 Å². The van der Waals surface area contributed by atoms with Gasteiger partial charge in [0.25, 0.3) is 0 Å². The minimum absolute atomic E-state index is 0.803. The first-order chi connectivity index (χ1) is 8.83. The molecule has 2 aromatic rings. The van der Waals surface area contributed by atoms with Crippen molar-refractivity contribution in [2.24, 2.45) is 0 Å². The van der Waals surface area contributed by atoms with Crippen LogP contribution in [0.2, 0.25) is 0 Å². The van der Waals surface area contributed by atoms with Gasteiger partial charge >= 0.3 is 0 Å². The van der Waals surface area contributed by atoms with Crippen molar-refractivity contribution in [2.75, 3.05) is 36.0 Å². The normalized spacial score (nSPS) is 16.1. The van der Waals surface area contributed by atoms with Crippen LogP contribution in [0.4, 0.5) is 11.1 Å². The van der Waals surface area contributed by atoms with Crippen LogP contribution >= 0.6 is 27.3 Å². The Labute approximate surface area is 118 Å². The zero-order chi connectivity index (χ0) is 12.4. The quantitative estimate of drug-likeness (QED) is 0.845. The molecule has 0 saturated carbocycles. The lowest BCUT2D eigenvalue weighted by Gasteiger charge is -2.34. The van der Waals surface area contributed by atoms with Crippen molar-refractivity contribution in [1.82, 2.24) is 15.0 Å². The van der Waals surface area contributed by atoms with Gasteiger partial charge in [-0.2, -0.15) is 0 Å². The molecule has 1 fully saturated rings. The molecule has 0 aromatic carbocycles. The maximum absolute atomic E-state index is 4.34. The second kappa shape index (κ2) is 5.19. The summed E-state index contributed by atoms with van der Waals surface area (Å²) in [7, 11) is 0. The summed E-state index contributed by atoms with van der Waals surface area (Å²) in [5.41, 5.74) is 0. The largest absolute Gasteiger partial charge is 0.345 e. The van der Waals surface area contributed by atoms with Crippen LogP contribution in [0.25, 0.3) is 0 Å². The van der Waals surface area contributed by atoms with Gasteiger partial charge in [-0.25, -0.2) is 15.0 Å². The van der Waals surface area contributed by atoms with Gasteiger partial charge in [-0.1, -0.05) is 0 Å². The summed E-state index contributed by atoms with van der Waals surface area (Å²) in [6.45, 7) is 3.79. The summed E-state index contributed by atoms with van der Waals surface area (Å²) in [6, 6.07) is 0. The molecule has 3 heterocycles. The molecule has 0 bridgehead atoms. The molecule has 0 atom stereocenters. The van der Waals surface area contributed by atoms with Crippen LogP contribution in [0.5, 0.6) is 0 Å². The molecule has 0 N–H and O–H groups in total. The van der Waals surface area contributed by atoms with Crippen molar-refractivity contribution in [3.8, 4) is 0 Å². The zero-order valence-electron chi connectivity index (χ0n) is 9.66. The maximum atomic E-state index is 4.34. The van der Waals surface area contributed by atoms with E-state index in [1.807, 2.05) is 11.6 Å². The van der Waals surface area contributed by atoms with Gasteiger partial charge in [-0.3, -0.25) is 0 Å². The highest BCUT2D eigenvalue weighted by Crippen LogP contribution is 2.20. The molecule has 1 saturated heterocycles. The average Bonchev–Trinajstić information content (AvgIpc) is 2.94. The summed E-state index contributed by atoms with van der Waals surface area (Å²) in [5, 5.41) is 3.12. The third-order valence-electron chi connectivity index (χ3n) is 2.86. The molecule has 1 aliphatic rings. The molecular formula is C11H12BrN5S. The molecule has 0 aliphatic carbocycles. The lowest BCUT2D eigenvalue weighted by molar-refractivity contribution is 0.638. The van der Waals surface area contributed by atoms with Gasteiger partial charge in [0.2, 0.25) is 5.95 Å². The number of halogens is 1. The van der Waals surface area contributed by atoms with Crippen molar-refractivity contribution >= 4 is 38.3 Å². The van der Waals surface area contributed by atoms with Gasteiger partial charge in [-0.15, -0.1) is 11.3 Å². The standard InChI is InChI=1S/C11H12BrN5S/c12-9-7-14-10(15-8-9)16-2-4-17(5-3-16)11-13-1-6-18-11/h1,6-8H,2-5H2. The topological polar surface area (TPSA) is 45.2 Å². The van der Waals surface area contributed by atoms with E-state index in [0.29, 0.717) is 0 Å². The zero-order valence-corrected chi connectivity index (χ0v) is 12.1. The van der Waals surface area contributed by atoms with Gasteiger partial charge < -0.3 is 9.80 Å². The first kappa shape index (κ1) is 11.9. The number of nitrogens with zero attached hydrogens (tertiary/aromatic N) is 5. The Kier molecular flexibility index (Phi) is 3.42. The second-order valence-electron chi connectivity index (χ2n) is 3.99. The molecule has 0 spiro atoms. The first-order valence-electron chi connectivity index (χ1n) is 5.70. The van der Waals surface area contributed by atoms with E-state index in [9.17, 15) is 0 Å². The molecule has 94 valence electrons. The Bertz CT molecular complexity index is 493. The fourth-order valence-electron chi connectivity index (χ4n) is 1.94. The fraction of sp³-hybridized carbons (Fsp3) is 0.364. The summed E-state index contributed by atoms with van der Waals surface area (Å²) < 4.78 is 0.910. The Morgan fingerprint density at radius 1 is 1.00 bits per heavy atom. The van der Waals surface area contributed by atoms with E-state index in [0.717, 1.165) is 41.7 Å². The number of piperazine rings is 1. The predicted molar refractivity (Wildman–Crippen MR) is 76.3 cm³/mol. The van der Waals surface area contributed by atoms with E-state index < -0.39 is 0 Å². The summed E-state index contributed by atoms with van der Waals surface area (Å²) in [6.07, 6.45) is 5.43. The lowest BCUT2D eigenvalue weighted by Crippen LogP contribution is -2.47. The highest BCUT2D eigenvalue weighted by Gasteiger charge is 2.20. The van der Waals surface area contributed by atoms with Crippen molar-refractivity contribution in [3.05, 3.63) is 28.4 Å². The summed E-state index contributed by atoms with van der Waals surface area (Å²) in [4.78, 5) is 17.5. The van der Waals surface area contributed by atoms with Crippen LogP contribution in [0.1, 0.15) is 0 Å². The Morgan fingerprint density at radius 3 is 2.28 bits per heavy atom. The molecule has 0 amide bonds. The molecule has 5 nitrogen and oxygen atoms in total. The van der Waals surface area contributed by atoms with E-state index in [1.54, 1.807) is 23.7 Å². The maximum Gasteiger partial charge on any atom is 0.225 e. The molecule has 0 unspecified atom stereocenters. The van der Waals surface area contributed by atoms with E-state index in [1.165, 1.54) is 0 Å². The third-order valence-corrected chi connectivity index (χ3v) is 4.10. The molecule has 7 heteroatoms. The Morgan fingerprint density at radius 2 is 1.67 bits per heavy atom. The van der Waals surface area contributed by atoms with Gasteiger partial charge in [0, 0.05) is 50.1 Å². The van der Waals surface area contributed by atoms with Crippen LogP contribution in [-0.4, -0.2) is 41.1 Å². The number of rotatable bonds is 2. The van der Waals surface area contributed by atoms with E-state index in [2.05, 4.69) is 40.7 Å². The Balaban J connectivity index is 1.65. The number of hydrogen-bond donors (Lipinski definition) is 0. The highest BCUT2D eigenvalue weighted by atomic mass is 79.9. The van der Waals surface area contributed by atoms with Crippen LogP contribution in [-0.2, 0) is 0 Å². The fourth-order valence-corrected chi connectivity index (χ4v) is 2.84. The van der Waals surface area contributed by atoms with Crippen LogP contribution < -0.4 is 9.80 Å². The minimum atomic E-state index is 0.803. The number of aromatic nitrogens is 3. The Hall–Kier alpha value is -1.21. The minimum Gasteiger partial charge on any atom is -0.345 e. The van der Waals surface area contributed by atoms with E-state index >= 15 is 0 Å². The molecule has 1 aliphatic heterocycles. The van der Waals surface area contributed by atoms with Gasteiger partial charge in [0.1, 0.15) is 0 Å². The highest BCUT2D eigenvalue weighted by molar-refractivity contribution is 9.10. The second-order valence-corrected chi connectivity index (χ2v) is 5.78. The van der Waals surface area contributed by atoms with Gasteiger partial charge in [-0.05, 0) is 15.9 Å². The van der Waals surface area contributed by atoms with Crippen molar-refractivity contribution in [2.45, 2.75) is 0 Å². The summed E-state index contributed by atoms with van der Waals surface area (Å²) >= 11 is 5.03. The smallest absolute Gasteiger partial charge is 0.225 e. The number of hydrogen-bond acceptors (Lipinski definition) is 6.